The molecule has 34 heavy (non-hydrogen) atoms. The maximum atomic E-state index is 13.8. The first-order valence-corrected chi connectivity index (χ1v) is 10.5. The van der Waals surface area contributed by atoms with E-state index in [1.54, 1.807) is 42.8 Å². The highest BCUT2D eigenvalue weighted by Gasteiger charge is 2.35. The molecule has 2 aromatic heterocycles. The lowest BCUT2D eigenvalue weighted by atomic mass is 9.92. The molecule has 0 aliphatic rings. The molecule has 2 aromatic carbocycles. The number of nitrogens with one attached hydrogen (secondary N) is 1. The first-order chi connectivity index (χ1) is 16.0. The monoisotopic (exact) mass is 484 g/mol. The molecule has 0 aliphatic heterocycles. The van der Waals surface area contributed by atoms with E-state index in [2.05, 4.69) is 33.0 Å². The maximum Gasteiger partial charge on any atom is 0.417 e. The fraction of sp³-hybridized carbons (Fsp3) is 0.130. The number of nitrogens with two attached hydrogens (primary N) is 1. The number of halogens is 3. The molecule has 1 amide bonds. The number of nitrogens with zero attached hydrogens (tertiary/aromatic N) is 4. The molecule has 4 aromatic rings. The van der Waals surface area contributed by atoms with E-state index in [4.69, 9.17) is 5.73 Å². The molecule has 3 N–H and O–H groups in total. The van der Waals surface area contributed by atoms with Gasteiger partial charge in [0.1, 0.15) is 12.1 Å². The molecule has 0 aliphatic carbocycles. The predicted molar refractivity (Wildman–Crippen MR) is 125 cm³/mol. The largest absolute Gasteiger partial charge is 0.417 e. The Kier molecular flexibility index (Phi) is 6.05. The van der Waals surface area contributed by atoms with Gasteiger partial charge < -0.3 is 11.1 Å². The van der Waals surface area contributed by atoms with Gasteiger partial charge in [-0.3, -0.25) is 4.79 Å². The van der Waals surface area contributed by atoms with E-state index in [1.807, 2.05) is 0 Å². The van der Waals surface area contributed by atoms with E-state index in [-0.39, 0.29) is 16.7 Å². The van der Waals surface area contributed by atoms with Crippen molar-refractivity contribution in [2.75, 3.05) is 5.32 Å². The summed E-state index contributed by atoms with van der Waals surface area (Å²) in [7, 11) is 0. The Morgan fingerprint density at radius 1 is 1.09 bits per heavy atom. The predicted octanol–water partition coefficient (Wildman–Crippen LogP) is 5.10. The molecular weight excluding hydrogens is 465 g/mol. The molecule has 0 atom stereocenters. The molecule has 0 unspecified atom stereocenters. The van der Waals surface area contributed by atoms with E-state index < -0.39 is 17.6 Å². The Morgan fingerprint density at radius 2 is 1.85 bits per heavy atom. The number of carbonyl (C=O) groups is 1. The highest BCUT2D eigenvalue weighted by atomic mass is 32.1. The van der Waals surface area contributed by atoms with Crippen molar-refractivity contribution in [3.63, 3.8) is 0 Å². The first kappa shape index (κ1) is 23.3. The summed E-state index contributed by atoms with van der Waals surface area (Å²) in [6.45, 7) is 3.60. The van der Waals surface area contributed by atoms with Crippen LogP contribution < -0.4 is 11.1 Å². The summed E-state index contributed by atoms with van der Waals surface area (Å²) >= 11 is 4.23. The lowest BCUT2D eigenvalue weighted by Crippen LogP contribution is -2.16. The molecule has 4 rings (SSSR count). The molecule has 0 bridgehead atoms. The van der Waals surface area contributed by atoms with Crippen molar-refractivity contribution in [2.24, 2.45) is 5.73 Å². The summed E-state index contributed by atoms with van der Waals surface area (Å²) < 4.78 is 42.9. The van der Waals surface area contributed by atoms with Gasteiger partial charge in [0.15, 0.2) is 5.82 Å². The zero-order chi connectivity index (χ0) is 24.6. The van der Waals surface area contributed by atoms with Crippen LogP contribution in [-0.4, -0.2) is 25.7 Å². The quantitative estimate of drug-likeness (QED) is 0.271. The van der Waals surface area contributed by atoms with Crippen LogP contribution in [0.3, 0.4) is 0 Å². The van der Waals surface area contributed by atoms with Crippen molar-refractivity contribution >= 4 is 30.0 Å². The van der Waals surface area contributed by atoms with Gasteiger partial charge in [0.05, 0.1) is 16.3 Å². The molecule has 11 heteroatoms. The zero-order valence-electron chi connectivity index (χ0n) is 18.1. The molecule has 0 saturated heterocycles. The minimum atomic E-state index is -4.67. The van der Waals surface area contributed by atoms with Crippen LogP contribution in [0, 0.1) is 13.8 Å². The highest BCUT2D eigenvalue weighted by molar-refractivity contribution is 7.80. The standard InChI is InChI=1S/C23H19F3N6OS/c1-12-6-7-14(21-15(22(27)33)4-3-5-16(21)23(24,25)26)9-17(12)30-19-8-13(2)31-32(19)18-10-20(34)29-11-28-18/h3-11,30H,1-2H3,(H2,27,33)(H,28,29,34). The summed E-state index contributed by atoms with van der Waals surface area (Å²) in [5.41, 5.74) is 6.13. The molecule has 0 fully saturated rings. The van der Waals surface area contributed by atoms with Crippen LogP contribution in [0.4, 0.5) is 24.7 Å². The van der Waals surface area contributed by atoms with Gasteiger partial charge in [0.2, 0.25) is 5.91 Å². The Bertz CT molecular complexity index is 1400. The first-order valence-electron chi connectivity index (χ1n) is 10.0. The Hall–Kier alpha value is -3.86. The minimum absolute atomic E-state index is 0.192. The Morgan fingerprint density at radius 3 is 2.53 bits per heavy atom. The number of aryl methyl sites for hydroxylation is 2. The third kappa shape index (κ3) is 4.60. The fourth-order valence-corrected chi connectivity index (χ4v) is 3.74. The number of hydrogen-bond donors (Lipinski definition) is 3. The normalized spacial score (nSPS) is 11.5. The lowest BCUT2D eigenvalue weighted by molar-refractivity contribution is -0.137. The van der Waals surface area contributed by atoms with E-state index in [1.165, 1.54) is 24.5 Å². The smallest absolute Gasteiger partial charge is 0.366 e. The van der Waals surface area contributed by atoms with Crippen molar-refractivity contribution in [1.29, 1.82) is 0 Å². The van der Waals surface area contributed by atoms with Crippen LogP contribution in [0.25, 0.3) is 16.9 Å². The van der Waals surface area contributed by atoms with Crippen molar-refractivity contribution in [2.45, 2.75) is 25.0 Å². The topological polar surface area (TPSA) is 98.7 Å². The summed E-state index contributed by atoms with van der Waals surface area (Å²) in [5.74, 6) is 0.0439. The molecule has 0 spiro atoms. The van der Waals surface area contributed by atoms with Gasteiger partial charge in [-0.2, -0.15) is 23.0 Å². The van der Waals surface area contributed by atoms with Gasteiger partial charge >= 0.3 is 6.18 Å². The number of anilines is 2. The van der Waals surface area contributed by atoms with Crippen LogP contribution >= 0.6 is 12.6 Å². The molecule has 0 saturated carbocycles. The third-order valence-electron chi connectivity index (χ3n) is 5.11. The van der Waals surface area contributed by atoms with Crippen LogP contribution in [0.1, 0.15) is 27.2 Å². The van der Waals surface area contributed by atoms with Gasteiger partial charge in [0.25, 0.3) is 0 Å². The zero-order valence-corrected chi connectivity index (χ0v) is 18.9. The van der Waals surface area contributed by atoms with Gasteiger partial charge in [-0.05, 0) is 43.2 Å². The number of hydrogen-bond acceptors (Lipinski definition) is 6. The SMILES string of the molecule is Cc1cc(Nc2cc(-c3c(C(N)=O)cccc3C(F)(F)F)ccc2C)n(-c2cc(S)ncn2)n1. The second-order valence-corrected chi connectivity index (χ2v) is 8.02. The van der Waals surface area contributed by atoms with Crippen molar-refractivity contribution in [1.82, 2.24) is 19.7 Å². The van der Waals surface area contributed by atoms with E-state index in [9.17, 15) is 18.0 Å². The second kappa shape index (κ2) is 8.82. The van der Waals surface area contributed by atoms with Gasteiger partial charge in [0, 0.05) is 28.9 Å². The van der Waals surface area contributed by atoms with Crippen molar-refractivity contribution in [3.8, 4) is 16.9 Å². The number of aromatic nitrogens is 4. The van der Waals surface area contributed by atoms with Crippen molar-refractivity contribution in [3.05, 3.63) is 77.2 Å². The molecule has 2 heterocycles. The van der Waals surface area contributed by atoms with E-state index >= 15 is 0 Å². The van der Waals surface area contributed by atoms with E-state index in [0.29, 0.717) is 28.0 Å². The van der Waals surface area contributed by atoms with Crippen LogP contribution in [-0.2, 0) is 6.18 Å². The number of thiol groups is 1. The van der Waals surface area contributed by atoms with Crippen LogP contribution in [0.2, 0.25) is 0 Å². The lowest BCUT2D eigenvalue weighted by Gasteiger charge is -2.18. The van der Waals surface area contributed by atoms with Crippen LogP contribution in [0.15, 0.2) is 59.9 Å². The fourth-order valence-electron chi connectivity index (χ4n) is 3.57. The summed E-state index contributed by atoms with van der Waals surface area (Å²) in [4.78, 5) is 20.1. The van der Waals surface area contributed by atoms with Gasteiger partial charge in [-0.25, -0.2) is 9.97 Å². The average Bonchev–Trinajstić information content (AvgIpc) is 3.14. The second-order valence-electron chi connectivity index (χ2n) is 7.56. The summed E-state index contributed by atoms with van der Waals surface area (Å²) in [5, 5.41) is 8.10. The Balaban J connectivity index is 1.84. The number of amides is 1. The number of alkyl halides is 3. The highest BCUT2D eigenvalue weighted by Crippen LogP contribution is 2.40. The summed E-state index contributed by atoms with van der Waals surface area (Å²) in [6, 6.07) is 11.5. The molecule has 174 valence electrons. The average molecular weight is 485 g/mol. The number of carbonyl (C=O) groups excluding carboxylic acids is 1. The Labute approximate surface area is 198 Å². The number of rotatable bonds is 5. The number of benzene rings is 2. The molecular formula is C23H19F3N6OS. The maximum absolute atomic E-state index is 13.8. The minimum Gasteiger partial charge on any atom is -0.366 e. The van der Waals surface area contributed by atoms with Crippen LogP contribution in [0.5, 0.6) is 0 Å². The van der Waals surface area contributed by atoms with E-state index in [0.717, 1.165) is 11.6 Å². The molecule has 0 radical (unpaired) electrons. The molecule has 7 nitrogen and oxygen atoms in total. The van der Waals surface area contributed by atoms with Gasteiger partial charge in [-0.15, -0.1) is 12.6 Å². The number of primary amides is 1. The van der Waals surface area contributed by atoms with Crippen molar-refractivity contribution < 1.29 is 18.0 Å². The summed E-state index contributed by atoms with van der Waals surface area (Å²) in [6.07, 6.45) is -3.32. The van der Waals surface area contributed by atoms with Gasteiger partial charge in [-0.1, -0.05) is 18.2 Å². The third-order valence-corrected chi connectivity index (χ3v) is 5.36.